The number of ether oxygens (including phenoxy) is 1. The zero-order chi connectivity index (χ0) is 23.2. The molecular weight excluding hydrogens is 418 g/mol. The molecule has 0 aliphatic heterocycles. The van der Waals surface area contributed by atoms with E-state index in [-0.39, 0.29) is 5.91 Å². The topological polar surface area (TPSA) is 96.5 Å². The van der Waals surface area contributed by atoms with Crippen molar-refractivity contribution in [3.05, 3.63) is 102 Å². The summed E-state index contributed by atoms with van der Waals surface area (Å²) >= 11 is 0. The van der Waals surface area contributed by atoms with E-state index in [4.69, 9.17) is 4.74 Å². The Bertz CT molecular complexity index is 1350. The van der Waals surface area contributed by atoms with Crippen molar-refractivity contribution in [1.82, 2.24) is 5.32 Å². The Balaban J connectivity index is 1.40. The van der Waals surface area contributed by atoms with E-state index in [1.165, 1.54) is 13.2 Å². The molecule has 7 nitrogen and oxygen atoms in total. The number of methoxy groups -OCH3 is 1. The fourth-order valence-electron chi connectivity index (χ4n) is 3.31. The lowest BCUT2D eigenvalue weighted by molar-refractivity contribution is 0.0965. The van der Waals surface area contributed by atoms with Gasteiger partial charge in [0.1, 0.15) is 5.75 Å². The molecule has 0 bridgehead atoms. The fourth-order valence-corrected chi connectivity index (χ4v) is 3.31. The number of carbonyl (C=O) groups excluding carboxylic acids is 3. The molecule has 0 aliphatic rings. The highest BCUT2D eigenvalue weighted by atomic mass is 16.5. The largest absolute Gasteiger partial charge is 0.497 e. The Morgan fingerprint density at radius 2 is 1.33 bits per heavy atom. The van der Waals surface area contributed by atoms with Crippen molar-refractivity contribution in [2.24, 2.45) is 0 Å². The number of fused-ring (bicyclic) bond motifs is 1. The van der Waals surface area contributed by atoms with Crippen molar-refractivity contribution in [1.29, 1.82) is 0 Å². The second-order valence-electron chi connectivity index (χ2n) is 7.24. The number of benzene rings is 4. The van der Waals surface area contributed by atoms with Crippen LogP contribution in [-0.4, -0.2) is 25.0 Å². The normalized spacial score (nSPS) is 10.3. The summed E-state index contributed by atoms with van der Waals surface area (Å²) in [5.41, 5.74) is 1.74. The summed E-state index contributed by atoms with van der Waals surface area (Å²) < 4.78 is 5.09. The zero-order valence-electron chi connectivity index (χ0n) is 17.8. The Kier molecular flexibility index (Phi) is 6.31. The maximum atomic E-state index is 12.7. The predicted molar refractivity (Wildman–Crippen MR) is 128 cm³/mol. The molecule has 7 heteroatoms. The summed E-state index contributed by atoms with van der Waals surface area (Å²) in [7, 11) is 1.50. The number of hydrogen-bond acceptors (Lipinski definition) is 4. The van der Waals surface area contributed by atoms with Crippen molar-refractivity contribution in [3.63, 3.8) is 0 Å². The average Bonchev–Trinajstić information content (AvgIpc) is 2.83. The molecule has 164 valence electrons. The van der Waals surface area contributed by atoms with Crippen LogP contribution in [0.1, 0.15) is 20.7 Å². The van der Waals surface area contributed by atoms with E-state index in [0.29, 0.717) is 28.3 Å². The third-order valence-electron chi connectivity index (χ3n) is 4.95. The van der Waals surface area contributed by atoms with Gasteiger partial charge in [-0.2, -0.15) is 0 Å². The van der Waals surface area contributed by atoms with Gasteiger partial charge in [0, 0.05) is 22.5 Å². The molecule has 0 atom stereocenters. The third-order valence-corrected chi connectivity index (χ3v) is 4.95. The van der Waals surface area contributed by atoms with Gasteiger partial charge in [0.15, 0.2) is 0 Å². The third kappa shape index (κ3) is 5.34. The SMILES string of the molecule is COc1cccc(C(=O)NC(=O)Nc2cccc(NC(=O)c3ccc4ccccc4c3)c2)c1. The van der Waals surface area contributed by atoms with Gasteiger partial charge in [0.05, 0.1) is 7.11 Å². The van der Waals surface area contributed by atoms with Crippen molar-refractivity contribution < 1.29 is 19.1 Å². The first-order valence-electron chi connectivity index (χ1n) is 10.2. The molecule has 0 spiro atoms. The van der Waals surface area contributed by atoms with Gasteiger partial charge in [-0.1, -0.05) is 42.5 Å². The number of imide groups is 1. The summed E-state index contributed by atoms with van der Waals surface area (Å²) in [6, 6.07) is 25.7. The molecule has 0 heterocycles. The summed E-state index contributed by atoms with van der Waals surface area (Å²) in [5.74, 6) is -0.319. The molecule has 3 N–H and O–H groups in total. The Morgan fingerprint density at radius 1 is 0.636 bits per heavy atom. The van der Waals surface area contributed by atoms with Gasteiger partial charge in [-0.05, 0) is 59.3 Å². The first-order chi connectivity index (χ1) is 16.0. The van der Waals surface area contributed by atoms with Gasteiger partial charge in [-0.3, -0.25) is 14.9 Å². The van der Waals surface area contributed by atoms with Crippen LogP contribution >= 0.6 is 0 Å². The van der Waals surface area contributed by atoms with E-state index in [2.05, 4.69) is 16.0 Å². The lowest BCUT2D eigenvalue weighted by Crippen LogP contribution is -2.34. The smallest absolute Gasteiger partial charge is 0.326 e. The number of amides is 4. The van der Waals surface area contributed by atoms with Gasteiger partial charge in [0.25, 0.3) is 11.8 Å². The molecule has 0 radical (unpaired) electrons. The van der Waals surface area contributed by atoms with Crippen LogP contribution in [0.5, 0.6) is 5.75 Å². The van der Waals surface area contributed by atoms with Gasteiger partial charge < -0.3 is 15.4 Å². The minimum Gasteiger partial charge on any atom is -0.497 e. The summed E-state index contributed by atoms with van der Waals surface area (Å²) in [4.78, 5) is 37.2. The van der Waals surface area contributed by atoms with E-state index in [9.17, 15) is 14.4 Å². The lowest BCUT2D eigenvalue weighted by Gasteiger charge is -2.10. The van der Waals surface area contributed by atoms with Crippen LogP contribution in [0.4, 0.5) is 16.2 Å². The van der Waals surface area contributed by atoms with Crippen molar-refractivity contribution >= 4 is 40.0 Å². The predicted octanol–water partition coefficient (Wildman–Crippen LogP) is 5.06. The number of nitrogens with one attached hydrogen (secondary N) is 3. The molecule has 0 unspecified atom stereocenters. The van der Waals surface area contributed by atoms with Crippen molar-refractivity contribution in [2.75, 3.05) is 17.7 Å². The number of rotatable bonds is 5. The van der Waals surface area contributed by atoms with E-state index >= 15 is 0 Å². The molecule has 4 rings (SSSR count). The molecular formula is C26H21N3O4. The number of anilines is 2. The van der Waals surface area contributed by atoms with Gasteiger partial charge >= 0.3 is 6.03 Å². The maximum Gasteiger partial charge on any atom is 0.326 e. The van der Waals surface area contributed by atoms with Crippen LogP contribution < -0.4 is 20.7 Å². The number of carbonyl (C=O) groups is 3. The van der Waals surface area contributed by atoms with Crippen LogP contribution in [0.2, 0.25) is 0 Å². The highest BCUT2D eigenvalue weighted by molar-refractivity contribution is 6.09. The van der Waals surface area contributed by atoms with E-state index in [1.807, 2.05) is 36.4 Å². The molecule has 4 amide bonds. The summed E-state index contributed by atoms with van der Waals surface area (Å²) in [5, 5.41) is 9.71. The second-order valence-corrected chi connectivity index (χ2v) is 7.24. The van der Waals surface area contributed by atoms with Crippen LogP contribution in [0.3, 0.4) is 0 Å². The van der Waals surface area contributed by atoms with E-state index < -0.39 is 11.9 Å². The minimum atomic E-state index is -0.694. The van der Waals surface area contributed by atoms with E-state index in [0.717, 1.165) is 10.8 Å². The standard InChI is InChI=1S/C26H21N3O4/c1-33-23-11-4-8-19(15-23)25(31)29-26(32)28-22-10-5-9-21(16-22)27-24(30)20-13-12-17-6-2-3-7-18(17)14-20/h2-16H,1H3,(H,27,30)(H2,28,29,31,32). The Morgan fingerprint density at radius 3 is 2.12 bits per heavy atom. The molecule has 4 aromatic carbocycles. The molecule has 0 aromatic heterocycles. The molecule has 0 saturated heterocycles. The monoisotopic (exact) mass is 439 g/mol. The zero-order valence-corrected chi connectivity index (χ0v) is 17.8. The number of urea groups is 1. The highest BCUT2D eigenvalue weighted by Crippen LogP contribution is 2.19. The Labute approximate surface area is 190 Å². The van der Waals surface area contributed by atoms with Gasteiger partial charge in [-0.25, -0.2) is 4.79 Å². The maximum absolute atomic E-state index is 12.7. The van der Waals surface area contributed by atoms with Gasteiger partial charge in [0.2, 0.25) is 0 Å². The molecule has 4 aromatic rings. The van der Waals surface area contributed by atoms with E-state index in [1.54, 1.807) is 48.5 Å². The Hall–Kier alpha value is -4.65. The lowest BCUT2D eigenvalue weighted by atomic mass is 10.1. The molecule has 0 saturated carbocycles. The van der Waals surface area contributed by atoms with Gasteiger partial charge in [-0.15, -0.1) is 0 Å². The van der Waals surface area contributed by atoms with Crippen LogP contribution in [0, 0.1) is 0 Å². The molecule has 33 heavy (non-hydrogen) atoms. The first-order valence-corrected chi connectivity index (χ1v) is 10.2. The van der Waals surface area contributed by atoms with Crippen LogP contribution in [-0.2, 0) is 0 Å². The first kappa shape index (κ1) is 21.6. The van der Waals surface area contributed by atoms with Crippen LogP contribution in [0.25, 0.3) is 10.8 Å². The highest BCUT2D eigenvalue weighted by Gasteiger charge is 2.12. The quantitative estimate of drug-likeness (QED) is 0.405. The van der Waals surface area contributed by atoms with Crippen LogP contribution in [0.15, 0.2) is 91.0 Å². The number of hydrogen-bond donors (Lipinski definition) is 3. The fraction of sp³-hybridized carbons (Fsp3) is 0.0385. The summed E-state index contributed by atoms with van der Waals surface area (Å²) in [6.07, 6.45) is 0. The average molecular weight is 439 g/mol. The van der Waals surface area contributed by atoms with Crippen molar-refractivity contribution in [2.45, 2.75) is 0 Å². The minimum absolute atomic E-state index is 0.268. The van der Waals surface area contributed by atoms with Crippen molar-refractivity contribution in [3.8, 4) is 5.75 Å². The molecule has 0 aliphatic carbocycles. The summed E-state index contributed by atoms with van der Waals surface area (Å²) in [6.45, 7) is 0. The molecule has 0 fully saturated rings. The second kappa shape index (κ2) is 9.65.